The average molecular weight is 318 g/mol. The van der Waals surface area contributed by atoms with E-state index in [1.165, 1.54) is 0 Å². The number of hydrogen-bond donors (Lipinski definition) is 1. The zero-order chi connectivity index (χ0) is 16.2. The van der Waals surface area contributed by atoms with Gasteiger partial charge in [0.05, 0.1) is 5.30 Å². The van der Waals surface area contributed by atoms with E-state index in [1.54, 1.807) is 12.1 Å². The van der Waals surface area contributed by atoms with E-state index >= 15 is 0 Å². The largest absolute Gasteiger partial charge is 0.421 e. The van der Waals surface area contributed by atoms with Crippen LogP contribution in [0.1, 0.15) is 37.5 Å². The Morgan fingerprint density at radius 1 is 0.909 bits per heavy atom. The van der Waals surface area contributed by atoms with Crippen molar-refractivity contribution in [3.8, 4) is 5.75 Å². The van der Waals surface area contributed by atoms with Crippen molar-refractivity contribution in [1.82, 2.24) is 0 Å². The molecule has 0 aromatic heterocycles. The minimum atomic E-state index is -3.90. The summed E-state index contributed by atoms with van der Waals surface area (Å²) in [4.78, 5) is 10.5. The number of para-hydroxylation sites is 1. The molecule has 2 rings (SSSR count). The monoisotopic (exact) mass is 318 g/mol. The SMILES string of the molecule is CCc1ccccc1OP(=O)(O)c1cccc(CC)c1CC. The topological polar surface area (TPSA) is 46.5 Å². The van der Waals surface area contributed by atoms with Gasteiger partial charge in [-0.25, -0.2) is 4.57 Å². The van der Waals surface area contributed by atoms with E-state index in [0.29, 0.717) is 17.5 Å². The van der Waals surface area contributed by atoms with Gasteiger partial charge in [0.25, 0.3) is 0 Å². The summed E-state index contributed by atoms with van der Waals surface area (Å²) in [7, 11) is -3.90. The molecule has 0 spiro atoms. The van der Waals surface area contributed by atoms with Gasteiger partial charge >= 0.3 is 7.60 Å². The average Bonchev–Trinajstić information content (AvgIpc) is 2.54. The summed E-state index contributed by atoms with van der Waals surface area (Å²) in [6, 6.07) is 12.9. The molecule has 3 nitrogen and oxygen atoms in total. The highest BCUT2D eigenvalue weighted by Gasteiger charge is 2.28. The van der Waals surface area contributed by atoms with Crippen molar-refractivity contribution in [2.24, 2.45) is 0 Å². The van der Waals surface area contributed by atoms with Crippen molar-refractivity contribution >= 4 is 12.9 Å². The van der Waals surface area contributed by atoms with Gasteiger partial charge in [-0.3, -0.25) is 0 Å². The third kappa shape index (κ3) is 3.43. The molecular weight excluding hydrogens is 295 g/mol. The highest BCUT2D eigenvalue weighted by molar-refractivity contribution is 7.61. The molecule has 0 amide bonds. The van der Waals surface area contributed by atoms with Crippen LogP contribution in [0.5, 0.6) is 5.75 Å². The van der Waals surface area contributed by atoms with E-state index in [1.807, 2.05) is 51.1 Å². The maximum absolute atomic E-state index is 12.8. The highest BCUT2D eigenvalue weighted by Crippen LogP contribution is 2.44. The molecule has 1 unspecified atom stereocenters. The third-order valence-corrected chi connectivity index (χ3v) is 5.33. The normalized spacial score (nSPS) is 13.6. The summed E-state index contributed by atoms with van der Waals surface area (Å²) in [5, 5.41) is 0.417. The fourth-order valence-corrected chi connectivity index (χ4v) is 4.15. The molecule has 4 heteroatoms. The molecule has 0 aliphatic rings. The van der Waals surface area contributed by atoms with Gasteiger partial charge in [0.15, 0.2) is 0 Å². The van der Waals surface area contributed by atoms with Crippen LogP contribution < -0.4 is 9.83 Å². The van der Waals surface area contributed by atoms with E-state index in [2.05, 4.69) is 0 Å². The lowest BCUT2D eigenvalue weighted by molar-refractivity contribution is 0.391. The Morgan fingerprint density at radius 3 is 2.18 bits per heavy atom. The molecule has 2 aromatic carbocycles. The number of aryl methyl sites for hydroxylation is 2. The van der Waals surface area contributed by atoms with E-state index in [9.17, 15) is 9.46 Å². The van der Waals surface area contributed by atoms with Crippen molar-refractivity contribution in [1.29, 1.82) is 0 Å². The Hall–Kier alpha value is -1.57. The molecule has 0 aliphatic carbocycles. The van der Waals surface area contributed by atoms with Crippen LogP contribution >= 0.6 is 7.60 Å². The van der Waals surface area contributed by atoms with Crippen LogP contribution in [0.4, 0.5) is 0 Å². The third-order valence-electron chi connectivity index (χ3n) is 3.86. The summed E-state index contributed by atoms with van der Waals surface area (Å²) in [6.07, 6.45) is 2.30. The molecule has 0 radical (unpaired) electrons. The second-order valence-corrected chi connectivity index (χ2v) is 6.90. The summed E-state index contributed by atoms with van der Waals surface area (Å²) in [6.45, 7) is 6.05. The Morgan fingerprint density at radius 2 is 1.55 bits per heavy atom. The second kappa shape index (κ2) is 7.13. The molecule has 118 valence electrons. The van der Waals surface area contributed by atoms with E-state index in [4.69, 9.17) is 4.52 Å². The first kappa shape index (κ1) is 16.8. The van der Waals surface area contributed by atoms with Crippen LogP contribution in [0.2, 0.25) is 0 Å². The molecule has 0 aliphatic heterocycles. The van der Waals surface area contributed by atoms with E-state index in [-0.39, 0.29) is 0 Å². The van der Waals surface area contributed by atoms with Crippen molar-refractivity contribution in [2.45, 2.75) is 40.0 Å². The van der Waals surface area contributed by atoms with Gasteiger partial charge in [0.2, 0.25) is 0 Å². The highest BCUT2D eigenvalue weighted by atomic mass is 31.2. The maximum Gasteiger partial charge on any atom is 0.408 e. The maximum atomic E-state index is 12.8. The first-order chi connectivity index (χ1) is 10.5. The van der Waals surface area contributed by atoms with Gasteiger partial charge in [-0.1, -0.05) is 51.1 Å². The Bertz CT molecular complexity index is 694. The summed E-state index contributed by atoms with van der Waals surface area (Å²) in [5.74, 6) is 0.486. The van der Waals surface area contributed by atoms with Gasteiger partial charge < -0.3 is 9.42 Å². The molecule has 22 heavy (non-hydrogen) atoms. The molecule has 0 fully saturated rings. The standard InChI is InChI=1S/C18H23O3P/c1-4-14-11-9-13-18(16(14)6-3)22(19,20)21-17-12-8-7-10-15(17)5-2/h7-13H,4-6H2,1-3H3,(H,19,20). The molecule has 0 bridgehead atoms. The predicted molar refractivity (Wildman–Crippen MR) is 91.1 cm³/mol. The van der Waals surface area contributed by atoms with Crippen LogP contribution in [0.3, 0.4) is 0 Å². The van der Waals surface area contributed by atoms with Crippen molar-refractivity contribution < 1.29 is 14.0 Å². The first-order valence-corrected chi connectivity index (χ1v) is 9.32. The van der Waals surface area contributed by atoms with Crippen LogP contribution in [0.15, 0.2) is 42.5 Å². The number of hydrogen-bond acceptors (Lipinski definition) is 2. The zero-order valence-electron chi connectivity index (χ0n) is 13.4. The zero-order valence-corrected chi connectivity index (χ0v) is 14.3. The molecule has 0 saturated carbocycles. The number of rotatable bonds is 6. The van der Waals surface area contributed by atoms with Crippen LogP contribution in [0, 0.1) is 0 Å². The lowest BCUT2D eigenvalue weighted by atomic mass is 10.0. The summed E-state index contributed by atoms with van der Waals surface area (Å²) >= 11 is 0. The molecule has 2 aromatic rings. The fourth-order valence-electron chi connectivity index (χ4n) is 2.69. The van der Waals surface area contributed by atoms with Crippen LogP contribution in [-0.4, -0.2) is 4.89 Å². The lowest BCUT2D eigenvalue weighted by Gasteiger charge is -2.19. The molecule has 1 N–H and O–H groups in total. The second-order valence-electron chi connectivity index (χ2n) is 5.19. The van der Waals surface area contributed by atoms with Gasteiger partial charge in [-0.2, -0.15) is 0 Å². The van der Waals surface area contributed by atoms with Crippen molar-refractivity contribution in [3.63, 3.8) is 0 Å². The number of benzene rings is 2. The Kier molecular flexibility index (Phi) is 5.44. The molecule has 0 heterocycles. The summed E-state index contributed by atoms with van der Waals surface area (Å²) < 4.78 is 18.4. The minimum absolute atomic E-state index is 0.417. The van der Waals surface area contributed by atoms with Gasteiger partial charge in [0.1, 0.15) is 5.75 Å². The van der Waals surface area contributed by atoms with Crippen molar-refractivity contribution in [2.75, 3.05) is 0 Å². The lowest BCUT2D eigenvalue weighted by Crippen LogP contribution is -2.16. The van der Waals surface area contributed by atoms with Gasteiger partial charge in [-0.15, -0.1) is 0 Å². The predicted octanol–water partition coefficient (Wildman–Crippen LogP) is 4.26. The Balaban J connectivity index is 2.45. The van der Waals surface area contributed by atoms with Gasteiger partial charge in [0, 0.05) is 0 Å². The smallest absolute Gasteiger partial charge is 0.408 e. The van der Waals surface area contributed by atoms with Crippen LogP contribution in [0.25, 0.3) is 0 Å². The van der Waals surface area contributed by atoms with Crippen molar-refractivity contribution in [3.05, 3.63) is 59.2 Å². The molecular formula is C18H23O3P. The molecule has 1 atom stereocenters. The quantitative estimate of drug-likeness (QED) is 0.809. The fraction of sp³-hybridized carbons (Fsp3) is 0.333. The van der Waals surface area contributed by atoms with E-state index < -0.39 is 7.60 Å². The van der Waals surface area contributed by atoms with Gasteiger partial charge in [-0.05, 0) is 48.1 Å². The summed E-state index contributed by atoms with van der Waals surface area (Å²) in [5.41, 5.74) is 2.95. The van der Waals surface area contributed by atoms with E-state index in [0.717, 1.165) is 29.5 Å². The van der Waals surface area contributed by atoms with Crippen LogP contribution in [-0.2, 0) is 23.8 Å². The first-order valence-electron chi connectivity index (χ1n) is 7.75. The minimum Gasteiger partial charge on any atom is -0.421 e. The Labute approximate surface area is 132 Å². The molecule has 0 saturated heterocycles.